The number of aryl methyl sites for hydroxylation is 2. The summed E-state index contributed by atoms with van der Waals surface area (Å²) in [5.41, 5.74) is 0.489. The molecule has 1 aromatic rings. The van der Waals surface area contributed by atoms with Gasteiger partial charge in [-0.2, -0.15) is 0 Å². The van der Waals surface area contributed by atoms with Gasteiger partial charge in [0, 0.05) is 25.4 Å². The van der Waals surface area contributed by atoms with Crippen molar-refractivity contribution in [1.82, 2.24) is 4.90 Å². The first-order chi connectivity index (χ1) is 16.1. The highest BCUT2D eigenvalue weighted by atomic mass is 16.5. The lowest BCUT2D eigenvalue weighted by molar-refractivity contribution is -0.154. The number of unbranched alkanes of at least 4 members (excludes halogenated alkanes) is 1. The summed E-state index contributed by atoms with van der Waals surface area (Å²) in [6.07, 6.45) is 3.57. The van der Waals surface area contributed by atoms with Gasteiger partial charge in [0.2, 0.25) is 5.91 Å². The Morgan fingerprint density at radius 1 is 1.29 bits per heavy atom. The first kappa shape index (κ1) is 24.4. The monoisotopic (exact) mass is 470 g/mol. The van der Waals surface area contributed by atoms with Gasteiger partial charge in [0.05, 0.1) is 17.4 Å². The number of rotatable bonds is 9. The molecule has 0 radical (unpaired) electrons. The Balaban J connectivity index is 1.81. The lowest BCUT2D eigenvalue weighted by atomic mass is 9.66. The molecule has 8 heteroatoms. The highest BCUT2D eigenvalue weighted by molar-refractivity contribution is 6.05. The number of aliphatic hydroxyl groups excluding tert-OH is 1. The summed E-state index contributed by atoms with van der Waals surface area (Å²) < 4.78 is 6.44. The highest BCUT2D eigenvalue weighted by Gasteiger charge is 2.78. The molecule has 5 atom stereocenters. The number of likely N-dealkylation sites (tertiary alicyclic amines) is 1. The number of carboxylic acids is 1. The van der Waals surface area contributed by atoms with Crippen LogP contribution in [0.2, 0.25) is 0 Å². The van der Waals surface area contributed by atoms with E-state index in [-0.39, 0.29) is 31.5 Å². The molecule has 0 aromatic heterocycles. The number of aliphatic hydroxyl groups is 1. The van der Waals surface area contributed by atoms with Crippen LogP contribution < -0.4 is 4.90 Å². The van der Waals surface area contributed by atoms with Crippen LogP contribution in [0.15, 0.2) is 30.9 Å². The van der Waals surface area contributed by atoms with Gasteiger partial charge < -0.3 is 24.7 Å². The molecule has 2 bridgehead atoms. The number of amides is 2. The van der Waals surface area contributed by atoms with Gasteiger partial charge in [-0.3, -0.25) is 14.4 Å². The second-order valence-electron chi connectivity index (χ2n) is 10.1. The molecule has 3 saturated heterocycles. The quantitative estimate of drug-likeness (QED) is 0.424. The van der Waals surface area contributed by atoms with Crippen molar-refractivity contribution in [1.29, 1.82) is 0 Å². The van der Waals surface area contributed by atoms with Crippen molar-refractivity contribution in [2.45, 2.75) is 63.7 Å². The molecule has 0 aliphatic carbocycles. The third-order valence-electron chi connectivity index (χ3n) is 7.82. The van der Waals surface area contributed by atoms with Crippen LogP contribution in [0.25, 0.3) is 0 Å². The number of benzene rings is 1. The number of fused-ring (bicyclic) bond motifs is 1. The van der Waals surface area contributed by atoms with Crippen molar-refractivity contribution < 1.29 is 29.3 Å². The van der Waals surface area contributed by atoms with Crippen molar-refractivity contribution in [3.63, 3.8) is 0 Å². The Labute approximate surface area is 200 Å². The molecule has 3 aliphatic rings. The van der Waals surface area contributed by atoms with Crippen LogP contribution >= 0.6 is 0 Å². The summed E-state index contributed by atoms with van der Waals surface area (Å²) in [4.78, 5) is 43.4. The number of carbonyl (C=O) groups excluding carboxylic acids is 2. The van der Waals surface area contributed by atoms with Gasteiger partial charge in [-0.1, -0.05) is 18.2 Å². The van der Waals surface area contributed by atoms with Gasteiger partial charge in [-0.25, -0.2) is 0 Å². The number of hydrogen-bond donors (Lipinski definition) is 2. The van der Waals surface area contributed by atoms with Crippen LogP contribution in [-0.2, 0) is 19.1 Å². The zero-order valence-corrected chi connectivity index (χ0v) is 20.1. The zero-order valence-electron chi connectivity index (χ0n) is 20.1. The summed E-state index contributed by atoms with van der Waals surface area (Å²) in [6, 6.07) is 4.93. The third kappa shape index (κ3) is 3.55. The number of anilines is 1. The van der Waals surface area contributed by atoms with E-state index in [2.05, 4.69) is 6.58 Å². The van der Waals surface area contributed by atoms with Crippen LogP contribution in [0.4, 0.5) is 5.69 Å². The van der Waals surface area contributed by atoms with E-state index in [0.717, 1.165) is 16.8 Å². The first-order valence-electron chi connectivity index (χ1n) is 11.9. The van der Waals surface area contributed by atoms with Gasteiger partial charge >= 0.3 is 5.97 Å². The van der Waals surface area contributed by atoms with Gasteiger partial charge in [0.1, 0.15) is 11.6 Å². The maximum Gasteiger partial charge on any atom is 0.310 e. The van der Waals surface area contributed by atoms with Crippen molar-refractivity contribution in [3.05, 3.63) is 42.0 Å². The van der Waals surface area contributed by atoms with Gasteiger partial charge in [-0.15, -0.1) is 6.58 Å². The molecular weight excluding hydrogens is 436 g/mol. The number of carbonyl (C=O) groups is 3. The standard InChI is InChI=1S/C26H34N2O6/c1-5-12-27(18-15-16(2)8-9-17(18)3)23(31)21-26-11-10-25(4,34-26)20(24(32)33)19(26)22(30)28(21)13-6-7-14-29/h5,8-9,15,19-21,29H,1,6-7,10-14H2,2-4H3,(H,32,33)/t19-,20-,21?,25+,26?/m0/s1. The molecule has 8 nitrogen and oxygen atoms in total. The summed E-state index contributed by atoms with van der Waals surface area (Å²) in [6.45, 7) is 9.94. The molecule has 1 spiro atoms. The molecule has 0 saturated carbocycles. The van der Waals surface area contributed by atoms with Gasteiger partial charge in [0.25, 0.3) is 5.91 Å². The van der Waals surface area contributed by atoms with E-state index >= 15 is 0 Å². The highest BCUT2D eigenvalue weighted by Crippen LogP contribution is 2.63. The van der Waals surface area contributed by atoms with Crippen molar-refractivity contribution in [2.24, 2.45) is 11.8 Å². The Hall–Kier alpha value is -2.71. The van der Waals surface area contributed by atoms with E-state index in [4.69, 9.17) is 4.74 Å². The number of carboxylic acid groups (broad SMARTS) is 1. The van der Waals surface area contributed by atoms with Crippen LogP contribution in [0, 0.1) is 25.7 Å². The summed E-state index contributed by atoms with van der Waals surface area (Å²) >= 11 is 0. The number of ether oxygens (including phenoxy) is 1. The van der Waals surface area contributed by atoms with Crippen molar-refractivity contribution in [3.8, 4) is 0 Å². The summed E-state index contributed by atoms with van der Waals surface area (Å²) in [7, 11) is 0. The minimum absolute atomic E-state index is 0.0212. The van der Waals surface area contributed by atoms with Crippen LogP contribution in [-0.4, -0.2) is 69.8 Å². The lowest BCUT2D eigenvalue weighted by Crippen LogP contribution is -2.56. The number of hydrogen-bond acceptors (Lipinski definition) is 5. The Morgan fingerprint density at radius 3 is 2.68 bits per heavy atom. The maximum absolute atomic E-state index is 14.3. The molecule has 1 aromatic carbocycles. The second kappa shape index (κ2) is 8.82. The minimum Gasteiger partial charge on any atom is -0.481 e. The molecule has 3 aliphatic heterocycles. The fourth-order valence-corrected chi connectivity index (χ4v) is 6.31. The average Bonchev–Trinajstić information content (AvgIpc) is 3.35. The van der Waals surface area contributed by atoms with Crippen molar-refractivity contribution in [2.75, 3.05) is 24.6 Å². The van der Waals surface area contributed by atoms with E-state index in [9.17, 15) is 24.6 Å². The predicted molar refractivity (Wildman–Crippen MR) is 126 cm³/mol. The van der Waals surface area contributed by atoms with Crippen LogP contribution in [0.3, 0.4) is 0 Å². The molecule has 3 heterocycles. The van der Waals surface area contributed by atoms with E-state index in [1.807, 2.05) is 32.0 Å². The smallest absolute Gasteiger partial charge is 0.310 e. The first-order valence-corrected chi connectivity index (χ1v) is 11.9. The third-order valence-corrected chi connectivity index (χ3v) is 7.82. The fourth-order valence-electron chi connectivity index (χ4n) is 6.31. The topological polar surface area (TPSA) is 107 Å². The fraction of sp³-hybridized carbons (Fsp3) is 0.577. The van der Waals surface area contributed by atoms with E-state index in [0.29, 0.717) is 25.7 Å². The number of aliphatic carboxylic acids is 1. The van der Waals surface area contributed by atoms with Gasteiger partial charge in [0.15, 0.2) is 0 Å². The van der Waals surface area contributed by atoms with E-state index < -0.39 is 35.0 Å². The lowest BCUT2D eigenvalue weighted by Gasteiger charge is -2.37. The number of nitrogens with zero attached hydrogens (tertiary/aromatic N) is 2. The molecule has 2 unspecified atom stereocenters. The Bertz CT molecular complexity index is 1020. The molecular formula is C26H34N2O6. The van der Waals surface area contributed by atoms with Crippen molar-refractivity contribution >= 4 is 23.5 Å². The SMILES string of the molecule is C=CCN(C(=O)C1N(CCCCO)C(=O)[C@@H]2[C@@H](C(=O)O)[C@@]3(C)CCC12O3)c1cc(C)ccc1C. The van der Waals surface area contributed by atoms with E-state index in [1.54, 1.807) is 17.9 Å². The minimum atomic E-state index is -1.18. The molecule has 3 fully saturated rings. The molecule has 4 rings (SSSR count). The molecule has 34 heavy (non-hydrogen) atoms. The van der Waals surface area contributed by atoms with Gasteiger partial charge in [-0.05, 0) is 63.6 Å². The normalized spacial score (nSPS) is 31.6. The van der Waals surface area contributed by atoms with Crippen LogP contribution in [0.5, 0.6) is 0 Å². The largest absolute Gasteiger partial charge is 0.481 e. The second-order valence-corrected chi connectivity index (χ2v) is 10.1. The molecule has 2 amide bonds. The molecule has 2 N–H and O–H groups in total. The zero-order chi connectivity index (χ0) is 24.8. The Kier molecular flexibility index (Phi) is 6.33. The van der Waals surface area contributed by atoms with E-state index in [1.165, 1.54) is 4.90 Å². The summed E-state index contributed by atoms with van der Waals surface area (Å²) in [5, 5.41) is 19.3. The van der Waals surface area contributed by atoms with Crippen LogP contribution in [0.1, 0.15) is 43.7 Å². The summed E-state index contributed by atoms with van der Waals surface area (Å²) in [5.74, 6) is -3.60. The maximum atomic E-state index is 14.3. The Morgan fingerprint density at radius 2 is 2.03 bits per heavy atom. The predicted octanol–water partition coefficient (Wildman–Crippen LogP) is 2.44. The average molecular weight is 471 g/mol. The molecule has 184 valence electrons.